The lowest BCUT2D eigenvalue weighted by molar-refractivity contribution is 0.112. The molecule has 0 atom stereocenters. The van der Waals surface area contributed by atoms with E-state index in [-0.39, 0.29) is 0 Å². The molecule has 92 valence electrons. The molecule has 4 heteroatoms. The molecule has 0 fully saturated rings. The molecular formula is C13H15ClO3. The van der Waals surface area contributed by atoms with Crippen LogP contribution in [-0.4, -0.2) is 26.4 Å². The van der Waals surface area contributed by atoms with Crippen LogP contribution in [0.3, 0.4) is 0 Å². The molecule has 0 aliphatic rings. The molecule has 0 aliphatic carbocycles. The molecule has 0 heterocycles. The SMILES string of the molecule is COc1cc(C=O)c(C=CCCCl)cc1OC. The Bertz CT molecular complexity index is 413. The van der Waals surface area contributed by atoms with Gasteiger partial charge in [0.05, 0.1) is 14.2 Å². The van der Waals surface area contributed by atoms with Crippen LogP contribution in [-0.2, 0) is 0 Å². The minimum Gasteiger partial charge on any atom is -0.493 e. The highest BCUT2D eigenvalue weighted by molar-refractivity contribution is 6.17. The third-order valence-corrected chi connectivity index (χ3v) is 2.51. The summed E-state index contributed by atoms with van der Waals surface area (Å²) in [5, 5.41) is 0. The van der Waals surface area contributed by atoms with Gasteiger partial charge in [0.15, 0.2) is 17.8 Å². The Morgan fingerprint density at radius 1 is 1.18 bits per heavy atom. The van der Waals surface area contributed by atoms with Crippen LogP contribution in [0.1, 0.15) is 22.3 Å². The van der Waals surface area contributed by atoms with Crippen molar-refractivity contribution in [2.24, 2.45) is 0 Å². The van der Waals surface area contributed by atoms with Crippen LogP contribution in [0.2, 0.25) is 0 Å². The highest BCUT2D eigenvalue weighted by atomic mass is 35.5. The second-order valence-electron chi connectivity index (χ2n) is 3.33. The maximum absolute atomic E-state index is 11.0. The van der Waals surface area contributed by atoms with Crippen molar-refractivity contribution < 1.29 is 14.3 Å². The number of hydrogen-bond donors (Lipinski definition) is 0. The molecule has 0 aliphatic heterocycles. The summed E-state index contributed by atoms with van der Waals surface area (Å²) in [5.74, 6) is 1.70. The molecule has 0 N–H and O–H groups in total. The molecule has 0 spiro atoms. The summed E-state index contributed by atoms with van der Waals surface area (Å²) in [6.07, 6.45) is 5.33. The van der Waals surface area contributed by atoms with Gasteiger partial charge in [0.25, 0.3) is 0 Å². The molecule has 3 nitrogen and oxygen atoms in total. The van der Waals surface area contributed by atoms with Gasteiger partial charge in [-0.2, -0.15) is 0 Å². The molecule has 0 bridgehead atoms. The molecule has 0 radical (unpaired) electrons. The van der Waals surface area contributed by atoms with E-state index in [4.69, 9.17) is 21.1 Å². The van der Waals surface area contributed by atoms with Gasteiger partial charge < -0.3 is 9.47 Å². The molecule has 1 aromatic rings. The van der Waals surface area contributed by atoms with Gasteiger partial charge >= 0.3 is 0 Å². The molecule has 0 amide bonds. The first-order valence-corrected chi connectivity index (χ1v) is 5.74. The van der Waals surface area contributed by atoms with Crippen LogP contribution >= 0.6 is 11.6 Å². The van der Waals surface area contributed by atoms with Gasteiger partial charge in [-0.15, -0.1) is 11.6 Å². The molecule has 0 aromatic heterocycles. The summed E-state index contributed by atoms with van der Waals surface area (Å²) in [5.41, 5.74) is 1.36. The normalized spacial score (nSPS) is 10.5. The highest BCUT2D eigenvalue weighted by Crippen LogP contribution is 2.30. The summed E-state index contributed by atoms with van der Waals surface area (Å²) < 4.78 is 10.3. The van der Waals surface area contributed by atoms with Crippen molar-refractivity contribution in [3.63, 3.8) is 0 Å². The predicted molar refractivity (Wildman–Crippen MR) is 69.3 cm³/mol. The average molecular weight is 255 g/mol. The summed E-state index contributed by atoms with van der Waals surface area (Å²) >= 11 is 5.58. The molecule has 0 saturated heterocycles. The van der Waals surface area contributed by atoms with E-state index in [0.717, 1.165) is 18.3 Å². The maximum atomic E-state index is 11.0. The van der Waals surface area contributed by atoms with E-state index in [9.17, 15) is 4.79 Å². The second-order valence-corrected chi connectivity index (χ2v) is 3.71. The van der Waals surface area contributed by atoms with Gasteiger partial charge in [-0.1, -0.05) is 12.2 Å². The fourth-order valence-electron chi connectivity index (χ4n) is 1.43. The number of allylic oxidation sites excluding steroid dienone is 1. The van der Waals surface area contributed by atoms with E-state index in [1.807, 2.05) is 12.2 Å². The van der Waals surface area contributed by atoms with E-state index < -0.39 is 0 Å². The number of halogens is 1. The Hall–Kier alpha value is -1.48. The van der Waals surface area contributed by atoms with Crippen molar-refractivity contribution in [1.29, 1.82) is 0 Å². The van der Waals surface area contributed by atoms with E-state index >= 15 is 0 Å². The number of benzene rings is 1. The summed E-state index contributed by atoms with van der Waals surface area (Å²) in [4.78, 5) is 11.0. The number of carbonyl (C=O) groups is 1. The van der Waals surface area contributed by atoms with Crippen molar-refractivity contribution in [2.45, 2.75) is 6.42 Å². The van der Waals surface area contributed by atoms with Gasteiger partial charge in [-0.05, 0) is 24.1 Å². The lowest BCUT2D eigenvalue weighted by Gasteiger charge is -2.10. The molecular weight excluding hydrogens is 240 g/mol. The number of aldehydes is 1. The Labute approximate surface area is 106 Å². The second kappa shape index (κ2) is 6.97. The summed E-state index contributed by atoms with van der Waals surface area (Å²) in [7, 11) is 3.10. The Balaban J connectivity index is 3.14. The fourth-order valence-corrected chi connectivity index (χ4v) is 1.56. The summed E-state index contributed by atoms with van der Waals surface area (Å²) in [6.45, 7) is 0. The van der Waals surface area contributed by atoms with E-state index in [0.29, 0.717) is 22.9 Å². The number of alkyl halides is 1. The zero-order valence-electron chi connectivity index (χ0n) is 9.90. The Kier molecular flexibility index (Phi) is 5.57. The molecule has 17 heavy (non-hydrogen) atoms. The van der Waals surface area contributed by atoms with Crippen molar-refractivity contribution in [1.82, 2.24) is 0 Å². The zero-order valence-corrected chi connectivity index (χ0v) is 10.7. The zero-order chi connectivity index (χ0) is 12.7. The monoisotopic (exact) mass is 254 g/mol. The van der Waals surface area contributed by atoms with Gasteiger partial charge in [-0.25, -0.2) is 0 Å². The van der Waals surface area contributed by atoms with Crippen molar-refractivity contribution in [2.75, 3.05) is 20.1 Å². The average Bonchev–Trinajstić information content (AvgIpc) is 2.38. The maximum Gasteiger partial charge on any atom is 0.161 e. The van der Waals surface area contributed by atoms with Gasteiger partial charge in [0.2, 0.25) is 0 Å². The van der Waals surface area contributed by atoms with Crippen molar-refractivity contribution >= 4 is 24.0 Å². The first-order chi connectivity index (χ1) is 8.26. The Morgan fingerprint density at radius 3 is 2.24 bits per heavy atom. The van der Waals surface area contributed by atoms with E-state index in [1.54, 1.807) is 19.2 Å². The van der Waals surface area contributed by atoms with Crippen LogP contribution < -0.4 is 9.47 Å². The number of ether oxygens (including phenoxy) is 2. The van der Waals surface area contributed by atoms with Gasteiger partial charge in [0.1, 0.15) is 0 Å². The number of rotatable bonds is 6. The lowest BCUT2D eigenvalue weighted by atomic mass is 10.1. The third kappa shape index (κ3) is 3.49. The van der Waals surface area contributed by atoms with Gasteiger partial charge in [0, 0.05) is 11.4 Å². The Morgan fingerprint density at radius 2 is 1.76 bits per heavy atom. The van der Waals surface area contributed by atoms with E-state index in [2.05, 4.69) is 0 Å². The van der Waals surface area contributed by atoms with Crippen LogP contribution in [0.25, 0.3) is 6.08 Å². The number of methoxy groups -OCH3 is 2. The minimum atomic E-state index is 0.545. The van der Waals surface area contributed by atoms with Crippen LogP contribution in [0.4, 0.5) is 0 Å². The van der Waals surface area contributed by atoms with Crippen LogP contribution in [0.15, 0.2) is 18.2 Å². The number of carbonyl (C=O) groups excluding carboxylic acids is 1. The largest absolute Gasteiger partial charge is 0.493 e. The number of hydrogen-bond acceptors (Lipinski definition) is 3. The van der Waals surface area contributed by atoms with E-state index in [1.165, 1.54) is 7.11 Å². The molecule has 0 saturated carbocycles. The standard InChI is InChI=1S/C13H15ClO3/c1-16-12-7-10(5-3-4-6-14)11(9-15)8-13(12)17-2/h3,5,7-9H,4,6H2,1-2H3. The van der Waals surface area contributed by atoms with Gasteiger partial charge in [-0.3, -0.25) is 4.79 Å². The molecule has 0 unspecified atom stereocenters. The fraction of sp³-hybridized carbons (Fsp3) is 0.308. The van der Waals surface area contributed by atoms with Crippen LogP contribution in [0, 0.1) is 0 Å². The smallest absolute Gasteiger partial charge is 0.161 e. The minimum absolute atomic E-state index is 0.545. The lowest BCUT2D eigenvalue weighted by Crippen LogP contribution is -1.95. The quantitative estimate of drug-likeness (QED) is 0.578. The molecule has 1 aromatic carbocycles. The molecule has 1 rings (SSSR count). The topological polar surface area (TPSA) is 35.5 Å². The third-order valence-electron chi connectivity index (χ3n) is 2.29. The van der Waals surface area contributed by atoms with Crippen molar-refractivity contribution in [3.8, 4) is 11.5 Å². The first-order valence-electron chi connectivity index (χ1n) is 5.20. The summed E-state index contributed by atoms with van der Waals surface area (Å²) in [6, 6.07) is 3.43. The van der Waals surface area contributed by atoms with Crippen LogP contribution in [0.5, 0.6) is 11.5 Å². The predicted octanol–water partition coefficient (Wildman–Crippen LogP) is 3.16. The first kappa shape index (κ1) is 13.6. The highest BCUT2D eigenvalue weighted by Gasteiger charge is 2.08. The van der Waals surface area contributed by atoms with Crippen molar-refractivity contribution in [3.05, 3.63) is 29.3 Å².